The Balaban J connectivity index is 2.07. The molecule has 2 aliphatic heterocycles. The topological polar surface area (TPSA) is 23.6 Å². The van der Waals surface area contributed by atoms with Crippen LogP contribution < -0.4 is 0 Å². The fourth-order valence-corrected chi connectivity index (χ4v) is 2.28. The molecular formula is C8H11F3N2O. The Labute approximate surface area is 79.5 Å². The van der Waals surface area contributed by atoms with Crippen LogP contribution in [0, 0.1) is 0 Å². The van der Waals surface area contributed by atoms with Gasteiger partial charge in [0, 0.05) is 25.2 Å². The predicted octanol–water partition coefficient (Wildman–Crippen LogP) is 0.464. The molecule has 1 amide bonds. The third-order valence-electron chi connectivity index (χ3n) is 3.02. The number of carbonyl (C=O) groups excluding carboxylic acids is 1. The highest BCUT2D eigenvalue weighted by Crippen LogP contribution is 2.32. The van der Waals surface area contributed by atoms with E-state index < -0.39 is 12.1 Å². The van der Waals surface area contributed by atoms with Crippen LogP contribution >= 0.6 is 0 Å². The zero-order valence-corrected chi connectivity index (χ0v) is 7.71. The van der Waals surface area contributed by atoms with Gasteiger partial charge in [-0.05, 0) is 13.5 Å². The molecule has 0 radical (unpaired) electrons. The van der Waals surface area contributed by atoms with Crippen LogP contribution in [0.4, 0.5) is 13.2 Å². The van der Waals surface area contributed by atoms with Crippen LogP contribution in [0.3, 0.4) is 0 Å². The fraction of sp³-hybridized carbons (Fsp3) is 0.875. The first-order valence-electron chi connectivity index (χ1n) is 4.47. The van der Waals surface area contributed by atoms with Crippen LogP contribution in [0.15, 0.2) is 0 Å². The highest BCUT2D eigenvalue weighted by Gasteiger charge is 2.51. The van der Waals surface area contributed by atoms with E-state index >= 15 is 0 Å². The van der Waals surface area contributed by atoms with Gasteiger partial charge in [0.25, 0.3) is 0 Å². The van der Waals surface area contributed by atoms with Crippen molar-refractivity contribution < 1.29 is 18.0 Å². The zero-order chi connectivity index (χ0) is 10.5. The molecule has 0 aliphatic carbocycles. The molecule has 80 valence electrons. The maximum absolute atomic E-state index is 12.1. The molecule has 2 heterocycles. The van der Waals surface area contributed by atoms with Crippen LogP contribution in [-0.2, 0) is 4.79 Å². The van der Waals surface area contributed by atoms with E-state index in [1.807, 2.05) is 11.9 Å². The van der Waals surface area contributed by atoms with E-state index in [9.17, 15) is 18.0 Å². The number of alkyl halides is 3. The Kier molecular flexibility index (Phi) is 1.99. The van der Waals surface area contributed by atoms with Crippen LogP contribution in [-0.4, -0.2) is 54.1 Å². The number of likely N-dealkylation sites (N-methyl/N-ethyl adjacent to an activating group) is 1. The van der Waals surface area contributed by atoms with Gasteiger partial charge in [0.15, 0.2) is 0 Å². The summed E-state index contributed by atoms with van der Waals surface area (Å²) < 4.78 is 36.4. The lowest BCUT2D eigenvalue weighted by atomic mass is 10.2. The van der Waals surface area contributed by atoms with E-state index in [1.165, 1.54) is 0 Å². The maximum atomic E-state index is 12.1. The molecule has 2 fully saturated rings. The van der Waals surface area contributed by atoms with Crippen molar-refractivity contribution in [3.05, 3.63) is 0 Å². The minimum atomic E-state index is -4.72. The van der Waals surface area contributed by atoms with Crippen LogP contribution in [0.2, 0.25) is 0 Å². The molecule has 2 bridgehead atoms. The summed E-state index contributed by atoms with van der Waals surface area (Å²) in [5, 5.41) is 0. The summed E-state index contributed by atoms with van der Waals surface area (Å²) in [6, 6.07) is -0.120. The maximum Gasteiger partial charge on any atom is 0.471 e. The zero-order valence-electron chi connectivity index (χ0n) is 7.71. The summed E-state index contributed by atoms with van der Waals surface area (Å²) in [5.74, 6) is -1.68. The number of amides is 1. The Hall–Kier alpha value is -0.780. The number of carbonyl (C=O) groups is 1. The first-order chi connectivity index (χ1) is 6.39. The van der Waals surface area contributed by atoms with Crippen molar-refractivity contribution in [3.8, 4) is 0 Å². The second-order valence-corrected chi connectivity index (χ2v) is 3.94. The van der Waals surface area contributed by atoms with Gasteiger partial charge < -0.3 is 4.90 Å². The molecule has 0 aromatic heterocycles. The molecular weight excluding hydrogens is 197 g/mol. The molecule has 14 heavy (non-hydrogen) atoms. The van der Waals surface area contributed by atoms with Gasteiger partial charge in [0.05, 0.1) is 0 Å². The number of fused-ring (bicyclic) bond motifs is 2. The average Bonchev–Trinajstić information content (AvgIpc) is 2.58. The van der Waals surface area contributed by atoms with Crippen molar-refractivity contribution in [2.24, 2.45) is 0 Å². The molecule has 0 N–H and O–H groups in total. The first kappa shape index (κ1) is 9.76. The lowest BCUT2D eigenvalue weighted by Gasteiger charge is -2.32. The lowest BCUT2D eigenvalue weighted by molar-refractivity contribution is -0.187. The van der Waals surface area contributed by atoms with E-state index in [0.717, 1.165) is 4.90 Å². The van der Waals surface area contributed by atoms with Gasteiger partial charge in [-0.15, -0.1) is 0 Å². The summed E-state index contributed by atoms with van der Waals surface area (Å²) in [4.78, 5) is 13.9. The van der Waals surface area contributed by atoms with Crippen molar-refractivity contribution >= 4 is 5.91 Å². The summed E-state index contributed by atoms with van der Waals surface area (Å²) in [7, 11) is 1.88. The van der Waals surface area contributed by atoms with Crippen molar-refractivity contribution in [2.75, 3.05) is 20.1 Å². The Morgan fingerprint density at radius 1 is 1.29 bits per heavy atom. The summed E-state index contributed by atoms with van der Waals surface area (Å²) >= 11 is 0. The number of piperazine rings is 1. The average molecular weight is 208 g/mol. The first-order valence-corrected chi connectivity index (χ1v) is 4.47. The highest BCUT2D eigenvalue weighted by atomic mass is 19.4. The standard InChI is InChI=1S/C8H11F3N2O/c1-12-3-6-2-5(12)4-13(6)7(14)8(9,10)11/h5-6H,2-4H2,1H3. The molecule has 2 atom stereocenters. The second kappa shape index (κ2) is 2.85. The van der Waals surface area contributed by atoms with Crippen LogP contribution in [0.25, 0.3) is 0 Å². The van der Waals surface area contributed by atoms with Gasteiger partial charge in [-0.1, -0.05) is 0 Å². The third kappa shape index (κ3) is 1.37. The van der Waals surface area contributed by atoms with E-state index in [2.05, 4.69) is 0 Å². The van der Waals surface area contributed by atoms with E-state index in [1.54, 1.807) is 0 Å². The minimum absolute atomic E-state index is 0.117. The van der Waals surface area contributed by atoms with E-state index in [4.69, 9.17) is 0 Å². The smallest absolute Gasteiger partial charge is 0.329 e. The molecule has 0 saturated carbocycles. The van der Waals surface area contributed by atoms with Gasteiger partial charge in [-0.3, -0.25) is 9.69 Å². The summed E-state index contributed by atoms with van der Waals surface area (Å²) in [5.41, 5.74) is 0. The molecule has 6 heteroatoms. The molecule has 3 nitrogen and oxygen atoms in total. The molecule has 0 aromatic rings. The largest absolute Gasteiger partial charge is 0.471 e. The molecule has 0 aromatic carbocycles. The fourth-order valence-electron chi connectivity index (χ4n) is 2.28. The van der Waals surface area contributed by atoms with Crippen molar-refractivity contribution in [2.45, 2.75) is 24.7 Å². The Morgan fingerprint density at radius 2 is 1.93 bits per heavy atom. The van der Waals surface area contributed by atoms with Gasteiger partial charge in [0.1, 0.15) is 0 Å². The normalized spacial score (nSPS) is 32.7. The summed E-state index contributed by atoms with van der Waals surface area (Å²) in [6.07, 6.45) is -4.04. The SMILES string of the molecule is CN1CC2CC1CN2C(=O)C(F)(F)F. The Morgan fingerprint density at radius 3 is 2.29 bits per heavy atom. The van der Waals surface area contributed by atoms with Gasteiger partial charge in [0.2, 0.25) is 0 Å². The van der Waals surface area contributed by atoms with Gasteiger partial charge in [-0.2, -0.15) is 13.2 Å². The third-order valence-corrected chi connectivity index (χ3v) is 3.02. The van der Waals surface area contributed by atoms with Crippen molar-refractivity contribution in [1.82, 2.24) is 9.80 Å². The van der Waals surface area contributed by atoms with Crippen molar-refractivity contribution in [1.29, 1.82) is 0 Å². The minimum Gasteiger partial charge on any atom is -0.329 e. The number of likely N-dealkylation sites (tertiary alicyclic amines) is 2. The number of hydrogen-bond acceptors (Lipinski definition) is 2. The molecule has 2 aliphatic rings. The number of rotatable bonds is 0. The second-order valence-electron chi connectivity index (χ2n) is 3.94. The van der Waals surface area contributed by atoms with Gasteiger partial charge >= 0.3 is 12.1 Å². The predicted molar refractivity (Wildman–Crippen MR) is 42.6 cm³/mol. The summed E-state index contributed by atoms with van der Waals surface area (Å²) in [6.45, 7) is 0.784. The van der Waals surface area contributed by atoms with Gasteiger partial charge in [-0.25, -0.2) is 0 Å². The number of halogens is 3. The molecule has 2 unspecified atom stereocenters. The number of nitrogens with zero attached hydrogens (tertiary/aromatic N) is 2. The highest BCUT2D eigenvalue weighted by molar-refractivity contribution is 5.82. The molecule has 2 saturated heterocycles. The molecule has 0 spiro atoms. The number of hydrogen-bond donors (Lipinski definition) is 0. The lowest BCUT2D eigenvalue weighted by Crippen LogP contribution is -2.51. The quantitative estimate of drug-likeness (QED) is 0.577. The van der Waals surface area contributed by atoms with Crippen LogP contribution in [0.5, 0.6) is 0 Å². The van der Waals surface area contributed by atoms with E-state index in [0.29, 0.717) is 13.0 Å². The molecule has 2 rings (SSSR count). The monoisotopic (exact) mass is 208 g/mol. The van der Waals surface area contributed by atoms with Crippen LogP contribution in [0.1, 0.15) is 6.42 Å². The Bertz CT molecular complexity index is 264. The van der Waals surface area contributed by atoms with E-state index in [-0.39, 0.29) is 18.6 Å². The van der Waals surface area contributed by atoms with Crippen molar-refractivity contribution in [3.63, 3.8) is 0 Å².